The number of aromatic nitrogens is 3. The first-order valence-corrected chi connectivity index (χ1v) is 8.59. The molecule has 0 saturated carbocycles. The number of esters is 2. The van der Waals surface area contributed by atoms with Gasteiger partial charge in [-0.25, -0.2) is 14.6 Å². The molecule has 3 aromatic rings. The molecular formula is C19H15N5O7. The van der Waals surface area contributed by atoms with Crippen LogP contribution in [0.4, 0.5) is 17.2 Å². The number of hydrogen-bond donors (Lipinski definition) is 1. The molecule has 0 spiro atoms. The van der Waals surface area contributed by atoms with Gasteiger partial charge in [-0.2, -0.15) is 4.98 Å². The van der Waals surface area contributed by atoms with Crippen molar-refractivity contribution in [3.05, 3.63) is 70.3 Å². The van der Waals surface area contributed by atoms with Crippen molar-refractivity contribution in [3.8, 4) is 11.6 Å². The highest BCUT2D eigenvalue weighted by atomic mass is 16.6. The molecule has 0 saturated heterocycles. The molecule has 0 bridgehead atoms. The average Bonchev–Trinajstić information content (AvgIpc) is 2.78. The van der Waals surface area contributed by atoms with Crippen LogP contribution in [0.25, 0.3) is 0 Å². The fraction of sp³-hybridized carbons (Fsp3) is 0.105. The predicted octanol–water partition coefficient (Wildman–Crippen LogP) is 2.89. The van der Waals surface area contributed by atoms with Gasteiger partial charge in [0.1, 0.15) is 12.1 Å². The Kier molecular flexibility index (Phi) is 6.30. The Hall–Kier alpha value is -4.61. The summed E-state index contributed by atoms with van der Waals surface area (Å²) in [4.78, 5) is 46.5. The monoisotopic (exact) mass is 425 g/mol. The molecule has 0 unspecified atom stereocenters. The number of pyridine rings is 1. The molecule has 12 heteroatoms. The van der Waals surface area contributed by atoms with Crippen LogP contribution in [0.2, 0.25) is 0 Å². The number of nitro groups is 1. The summed E-state index contributed by atoms with van der Waals surface area (Å²) in [6.07, 6.45) is 3.94. The fourth-order valence-corrected chi connectivity index (χ4v) is 2.52. The first kappa shape index (κ1) is 21.1. The number of carbonyl (C=O) groups is 2. The van der Waals surface area contributed by atoms with Gasteiger partial charge in [0.15, 0.2) is 0 Å². The Bertz CT molecular complexity index is 1100. The van der Waals surface area contributed by atoms with Crippen molar-refractivity contribution in [1.29, 1.82) is 0 Å². The van der Waals surface area contributed by atoms with E-state index >= 15 is 0 Å². The first-order chi connectivity index (χ1) is 14.9. The van der Waals surface area contributed by atoms with Gasteiger partial charge in [-0.15, -0.1) is 0 Å². The van der Waals surface area contributed by atoms with E-state index in [1.807, 2.05) is 0 Å². The molecule has 0 atom stereocenters. The highest BCUT2D eigenvalue weighted by molar-refractivity contribution is 5.97. The number of anilines is 2. The van der Waals surface area contributed by atoms with Gasteiger partial charge in [-0.3, -0.25) is 15.1 Å². The number of nitrogens with one attached hydrogen (secondary N) is 1. The summed E-state index contributed by atoms with van der Waals surface area (Å²) < 4.78 is 14.8. The van der Waals surface area contributed by atoms with Crippen LogP contribution in [-0.4, -0.2) is 46.0 Å². The van der Waals surface area contributed by atoms with Crippen LogP contribution in [0, 0.1) is 10.1 Å². The van der Waals surface area contributed by atoms with Crippen LogP contribution in [0.1, 0.15) is 20.7 Å². The first-order valence-electron chi connectivity index (χ1n) is 8.59. The van der Waals surface area contributed by atoms with Gasteiger partial charge < -0.3 is 19.5 Å². The number of methoxy groups -OCH3 is 2. The van der Waals surface area contributed by atoms with Crippen LogP contribution in [0.3, 0.4) is 0 Å². The second kappa shape index (κ2) is 9.26. The second-order valence-corrected chi connectivity index (χ2v) is 5.83. The van der Waals surface area contributed by atoms with E-state index in [0.29, 0.717) is 0 Å². The molecular weight excluding hydrogens is 410 g/mol. The van der Waals surface area contributed by atoms with Crippen LogP contribution >= 0.6 is 0 Å². The fourth-order valence-electron chi connectivity index (χ4n) is 2.52. The Morgan fingerprint density at radius 1 is 1.06 bits per heavy atom. The molecule has 2 heterocycles. The standard InChI is InChI=1S/C19H15N5O7/c1-29-18(25)11-6-12(19(26)30-2)8-13(7-11)23-16-15(24(27)28)17(22-10-21-16)31-14-4-3-5-20-9-14/h3-10H,1-2H3,(H,21,22,23). The normalized spacial score (nSPS) is 10.1. The zero-order valence-corrected chi connectivity index (χ0v) is 16.3. The summed E-state index contributed by atoms with van der Waals surface area (Å²) in [5.41, 5.74) is -0.361. The molecule has 0 aliphatic heterocycles. The molecule has 0 radical (unpaired) electrons. The minimum atomic E-state index is -0.723. The van der Waals surface area contributed by atoms with Crippen molar-refractivity contribution in [1.82, 2.24) is 15.0 Å². The van der Waals surface area contributed by atoms with E-state index in [9.17, 15) is 19.7 Å². The molecule has 0 fully saturated rings. The maximum Gasteiger partial charge on any atom is 0.373 e. The van der Waals surface area contributed by atoms with Crippen molar-refractivity contribution in [3.63, 3.8) is 0 Å². The van der Waals surface area contributed by atoms with E-state index in [0.717, 1.165) is 6.33 Å². The van der Waals surface area contributed by atoms with Crippen molar-refractivity contribution >= 4 is 29.1 Å². The lowest BCUT2D eigenvalue weighted by Crippen LogP contribution is -2.09. The summed E-state index contributed by atoms with van der Waals surface area (Å²) in [5, 5.41) is 14.4. The second-order valence-electron chi connectivity index (χ2n) is 5.83. The molecule has 0 amide bonds. The molecule has 1 aromatic carbocycles. The maximum absolute atomic E-state index is 12.0. The number of carbonyl (C=O) groups excluding carboxylic acids is 2. The number of rotatable bonds is 7. The number of nitrogens with zero attached hydrogens (tertiary/aromatic N) is 4. The third kappa shape index (κ3) is 4.87. The molecule has 2 aromatic heterocycles. The molecule has 31 heavy (non-hydrogen) atoms. The largest absolute Gasteiger partial charge is 0.465 e. The third-order valence-corrected chi connectivity index (χ3v) is 3.86. The lowest BCUT2D eigenvalue weighted by molar-refractivity contribution is -0.385. The molecule has 158 valence electrons. The van der Waals surface area contributed by atoms with Crippen LogP contribution < -0.4 is 10.1 Å². The summed E-state index contributed by atoms with van der Waals surface area (Å²) in [6, 6.07) is 7.09. The maximum atomic E-state index is 12.0. The van der Waals surface area contributed by atoms with Crippen LogP contribution in [0.5, 0.6) is 11.6 Å². The molecule has 1 N–H and O–H groups in total. The molecule has 0 aliphatic carbocycles. The Labute approximate surface area is 175 Å². The van der Waals surface area contributed by atoms with Gasteiger partial charge in [0, 0.05) is 11.9 Å². The number of benzene rings is 1. The van der Waals surface area contributed by atoms with Crippen molar-refractivity contribution < 1.29 is 28.7 Å². The van der Waals surface area contributed by atoms with E-state index in [1.165, 1.54) is 44.8 Å². The lowest BCUT2D eigenvalue weighted by Gasteiger charge is -2.11. The van der Waals surface area contributed by atoms with E-state index in [2.05, 4.69) is 29.7 Å². The van der Waals surface area contributed by atoms with Crippen LogP contribution in [0.15, 0.2) is 49.1 Å². The van der Waals surface area contributed by atoms with Gasteiger partial charge in [-0.1, -0.05) is 0 Å². The topological polar surface area (TPSA) is 156 Å². The minimum Gasteiger partial charge on any atom is -0.465 e. The zero-order valence-electron chi connectivity index (χ0n) is 16.3. The Balaban J connectivity index is 2.04. The Morgan fingerprint density at radius 3 is 2.29 bits per heavy atom. The highest BCUT2D eigenvalue weighted by Gasteiger charge is 2.26. The number of hydrogen-bond acceptors (Lipinski definition) is 11. The molecule has 0 aliphatic rings. The van der Waals surface area contributed by atoms with E-state index in [-0.39, 0.29) is 34.3 Å². The van der Waals surface area contributed by atoms with Gasteiger partial charge in [0.05, 0.1) is 36.5 Å². The zero-order chi connectivity index (χ0) is 22.4. The van der Waals surface area contributed by atoms with E-state index < -0.39 is 22.5 Å². The summed E-state index contributed by atoms with van der Waals surface area (Å²) in [6.45, 7) is 0. The smallest absolute Gasteiger partial charge is 0.373 e. The van der Waals surface area contributed by atoms with Crippen LogP contribution in [-0.2, 0) is 9.47 Å². The SMILES string of the molecule is COC(=O)c1cc(Nc2ncnc(Oc3cccnc3)c2[N+](=O)[O-])cc(C(=O)OC)c1. The van der Waals surface area contributed by atoms with Crippen molar-refractivity contribution in [2.75, 3.05) is 19.5 Å². The number of ether oxygens (including phenoxy) is 3. The minimum absolute atomic E-state index is 0.0245. The summed E-state index contributed by atoms with van der Waals surface area (Å²) >= 11 is 0. The van der Waals surface area contributed by atoms with Gasteiger partial charge in [-0.05, 0) is 30.3 Å². The molecule has 3 rings (SSSR count). The highest BCUT2D eigenvalue weighted by Crippen LogP contribution is 2.35. The van der Waals surface area contributed by atoms with Crippen molar-refractivity contribution in [2.24, 2.45) is 0 Å². The van der Waals surface area contributed by atoms with E-state index in [1.54, 1.807) is 12.1 Å². The predicted molar refractivity (Wildman–Crippen MR) is 105 cm³/mol. The summed E-state index contributed by atoms with van der Waals surface area (Å²) in [5.74, 6) is -1.75. The van der Waals surface area contributed by atoms with Gasteiger partial charge in [0.25, 0.3) is 0 Å². The van der Waals surface area contributed by atoms with Gasteiger partial charge in [0.2, 0.25) is 5.82 Å². The Morgan fingerprint density at radius 2 is 1.74 bits per heavy atom. The summed E-state index contributed by atoms with van der Waals surface area (Å²) in [7, 11) is 2.36. The molecule has 12 nitrogen and oxygen atoms in total. The van der Waals surface area contributed by atoms with E-state index in [4.69, 9.17) is 4.74 Å². The quantitative estimate of drug-likeness (QED) is 0.337. The lowest BCUT2D eigenvalue weighted by atomic mass is 10.1. The third-order valence-electron chi connectivity index (χ3n) is 3.86. The average molecular weight is 425 g/mol. The van der Waals surface area contributed by atoms with Gasteiger partial charge >= 0.3 is 23.5 Å². The van der Waals surface area contributed by atoms with Crippen molar-refractivity contribution in [2.45, 2.75) is 0 Å².